The van der Waals surface area contributed by atoms with Gasteiger partial charge >= 0.3 is 6.03 Å². The molecule has 1 aliphatic heterocycles. The van der Waals surface area contributed by atoms with Crippen LogP contribution in [0.4, 0.5) is 10.5 Å². The van der Waals surface area contributed by atoms with Crippen molar-refractivity contribution in [2.24, 2.45) is 0 Å². The Kier molecular flexibility index (Phi) is 7.33. The Balaban J connectivity index is 1.26. The molecule has 1 N–H and O–H groups in total. The summed E-state index contributed by atoms with van der Waals surface area (Å²) in [5.41, 5.74) is 12.3. The molecule has 0 atom stereocenters. The average Bonchev–Trinajstić information content (AvgIpc) is 3.34. The van der Waals surface area contributed by atoms with E-state index in [-0.39, 0.29) is 6.03 Å². The maximum atomic E-state index is 13.1. The Hall–Kier alpha value is -4.42. The predicted molar refractivity (Wildman–Crippen MR) is 167 cm³/mol. The van der Waals surface area contributed by atoms with Gasteiger partial charge in [-0.15, -0.1) is 0 Å². The number of aryl methyl sites for hydroxylation is 4. The number of hydrogen-bond acceptors (Lipinski definition) is 3. The van der Waals surface area contributed by atoms with Crippen LogP contribution in [0.15, 0.2) is 85.1 Å². The van der Waals surface area contributed by atoms with Crippen LogP contribution in [-0.2, 0) is 6.54 Å². The molecule has 1 aliphatic rings. The number of carbonyl (C=O) groups excluding carboxylic acids is 1. The van der Waals surface area contributed by atoms with Crippen LogP contribution in [0.2, 0.25) is 0 Å². The van der Waals surface area contributed by atoms with Gasteiger partial charge in [-0.3, -0.25) is 4.90 Å². The highest BCUT2D eigenvalue weighted by Crippen LogP contribution is 2.30. The van der Waals surface area contributed by atoms with E-state index in [4.69, 9.17) is 4.98 Å². The number of nitrogens with zero attached hydrogens (tertiary/aromatic N) is 4. The van der Waals surface area contributed by atoms with Crippen molar-refractivity contribution in [1.29, 1.82) is 0 Å². The van der Waals surface area contributed by atoms with Crippen molar-refractivity contribution in [3.63, 3.8) is 0 Å². The number of aromatic nitrogens is 2. The van der Waals surface area contributed by atoms with E-state index in [1.165, 1.54) is 27.9 Å². The largest absolute Gasteiger partial charge is 0.322 e. The van der Waals surface area contributed by atoms with E-state index in [0.29, 0.717) is 13.1 Å². The van der Waals surface area contributed by atoms with Gasteiger partial charge in [0.15, 0.2) is 0 Å². The molecule has 1 fully saturated rings. The van der Waals surface area contributed by atoms with E-state index < -0.39 is 0 Å². The topological polar surface area (TPSA) is 52.9 Å². The zero-order valence-electron chi connectivity index (χ0n) is 24.3. The summed E-state index contributed by atoms with van der Waals surface area (Å²) in [4.78, 5) is 22.6. The number of nitrogens with one attached hydrogen (secondary N) is 1. The first-order valence-corrected chi connectivity index (χ1v) is 14.4. The van der Waals surface area contributed by atoms with Crippen molar-refractivity contribution in [2.45, 2.75) is 34.2 Å². The zero-order chi connectivity index (χ0) is 28.5. The van der Waals surface area contributed by atoms with Gasteiger partial charge < -0.3 is 14.6 Å². The highest BCUT2D eigenvalue weighted by Gasteiger charge is 2.24. The molecule has 1 saturated heterocycles. The second-order valence-corrected chi connectivity index (χ2v) is 11.2. The molecule has 208 valence electrons. The summed E-state index contributed by atoms with van der Waals surface area (Å²) >= 11 is 0. The van der Waals surface area contributed by atoms with E-state index >= 15 is 0 Å². The molecule has 3 heterocycles. The SMILES string of the molecule is Cc1ccc(C)c(-c2ccc3nc(-c4ccccc4)c(CN4CCN(C(=O)Nc5c(C)cccc5C)CC4)n3c2)c1. The van der Waals surface area contributed by atoms with E-state index in [0.717, 1.165) is 53.4 Å². The maximum Gasteiger partial charge on any atom is 0.321 e. The quantitative estimate of drug-likeness (QED) is 0.254. The highest BCUT2D eigenvalue weighted by atomic mass is 16.2. The van der Waals surface area contributed by atoms with E-state index in [2.05, 4.69) is 89.3 Å². The lowest BCUT2D eigenvalue weighted by molar-refractivity contribution is 0.142. The number of urea groups is 1. The minimum atomic E-state index is -0.0278. The molecule has 41 heavy (non-hydrogen) atoms. The Morgan fingerprint density at radius 3 is 2.24 bits per heavy atom. The Morgan fingerprint density at radius 1 is 0.780 bits per heavy atom. The Bertz CT molecular complexity index is 1690. The van der Waals surface area contributed by atoms with Gasteiger partial charge in [-0.05, 0) is 67.6 Å². The van der Waals surface area contributed by atoms with Crippen molar-refractivity contribution < 1.29 is 4.79 Å². The van der Waals surface area contributed by atoms with Gasteiger partial charge in [0.1, 0.15) is 5.65 Å². The molecule has 2 amide bonds. The number of hydrogen-bond donors (Lipinski definition) is 1. The smallest absolute Gasteiger partial charge is 0.321 e. The number of amides is 2. The van der Waals surface area contributed by atoms with E-state index in [1.54, 1.807) is 0 Å². The normalized spacial score (nSPS) is 14.0. The lowest BCUT2D eigenvalue weighted by Gasteiger charge is -2.35. The molecule has 6 rings (SSSR count). The van der Waals surface area contributed by atoms with Gasteiger partial charge in [-0.25, -0.2) is 9.78 Å². The molecule has 0 aliphatic carbocycles. The fourth-order valence-corrected chi connectivity index (χ4v) is 5.80. The summed E-state index contributed by atoms with van der Waals surface area (Å²) in [5.74, 6) is 0. The molecule has 6 nitrogen and oxygen atoms in total. The van der Waals surface area contributed by atoms with Crippen molar-refractivity contribution >= 4 is 17.4 Å². The first-order chi connectivity index (χ1) is 19.9. The third-order valence-electron chi connectivity index (χ3n) is 8.21. The molecule has 3 aromatic carbocycles. The zero-order valence-corrected chi connectivity index (χ0v) is 24.3. The lowest BCUT2D eigenvalue weighted by atomic mass is 10.00. The van der Waals surface area contributed by atoms with Crippen LogP contribution >= 0.6 is 0 Å². The van der Waals surface area contributed by atoms with Crippen LogP contribution in [0.5, 0.6) is 0 Å². The molecule has 0 unspecified atom stereocenters. The summed E-state index contributed by atoms with van der Waals surface area (Å²) in [6.45, 7) is 12.1. The number of para-hydroxylation sites is 1. The standard InChI is InChI=1S/C35H37N5O/c1-24-13-14-25(2)30(21-24)29-15-16-32-36-34(28-11-6-5-7-12-28)31(40(32)22-29)23-38-17-19-39(20-18-38)35(41)37-33-26(3)9-8-10-27(33)4/h5-16,21-22H,17-20,23H2,1-4H3,(H,37,41). The minimum Gasteiger partial charge on any atom is -0.322 e. The van der Waals surface area contributed by atoms with Crippen LogP contribution in [0.3, 0.4) is 0 Å². The van der Waals surface area contributed by atoms with Crippen molar-refractivity contribution in [1.82, 2.24) is 19.2 Å². The summed E-state index contributed by atoms with van der Waals surface area (Å²) in [5, 5.41) is 3.15. The fourth-order valence-electron chi connectivity index (χ4n) is 5.80. The number of rotatable bonds is 5. The number of imidazole rings is 1. The second-order valence-electron chi connectivity index (χ2n) is 11.2. The monoisotopic (exact) mass is 543 g/mol. The molecular formula is C35H37N5O. The van der Waals surface area contributed by atoms with E-state index in [9.17, 15) is 4.79 Å². The number of carbonyl (C=O) groups is 1. The first kappa shape index (κ1) is 26.8. The molecule has 0 radical (unpaired) electrons. The Labute approximate surface area is 242 Å². The molecule has 0 spiro atoms. The second kappa shape index (κ2) is 11.2. The number of benzene rings is 3. The lowest BCUT2D eigenvalue weighted by Crippen LogP contribution is -2.49. The van der Waals surface area contributed by atoms with Gasteiger partial charge in [0.05, 0.1) is 11.4 Å². The fraction of sp³-hybridized carbons (Fsp3) is 0.257. The maximum absolute atomic E-state index is 13.1. The third kappa shape index (κ3) is 5.48. The number of fused-ring (bicyclic) bond motifs is 1. The van der Waals surface area contributed by atoms with Crippen molar-refractivity contribution in [3.05, 3.63) is 113 Å². The molecule has 0 saturated carbocycles. The third-order valence-corrected chi connectivity index (χ3v) is 8.21. The summed E-state index contributed by atoms with van der Waals surface area (Å²) < 4.78 is 2.26. The molecule has 6 heteroatoms. The van der Waals surface area contributed by atoms with Gasteiger partial charge in [0, 0.05) is 50.2 Å². The van der Waals surface area contributed by atoms with Crippen LogP contribution in [0, 0.1) is 27.7 Å². The van der Waals surface area contributed by atoms with Crippen molar-refractivity contribution in [3.8, 4) is 22.4 Å². The first-order valence-electron chi connectivity index (χ1n) is 14.4. The van der Waals surface area contributed by atoms with Crippen LogP contribution in [0.25, 0.3) is 28.0 Å². The summed E-state index contributed by atoms with van der Waals surface area (Å²) in [6.07, 6.45) is 2.24. The number of anilines is 1. The van der Waals surface area contributed by atoms with Crippen LogP contribution in [0.1, 0.15) is 27.9 Å². The Morgan fingerprint density at radius 2 is 1.51 bits per heavy atom. The summed E-state index contributed by atoms with van der Waals surface area (Å²) in [6, 6.07) is 27.4. The highest BCUT2D eigenvalue weighted by molar-refractivity contribution is 5.91. The molecule has 5 aromatic rings. The van der Waals surface area contributed by atoms with Gasteiger partial charge in [0.25, 0.3) is 0 Å². The predicted octanol–water partition coefficient (Wildman–Crippen LogP) is 7.25. The minimum absolute atomic E-state index is 0.0278. The summed E-state index contributed by atoms with van der Waals surface area (Å²) in [7, 11) is 0. The molecule has 2 aromatic heterocycles. The average molecular weight is 544 g/mol. The number of piperazine rings is 1. The van der Waals surface area contributed by atoms with Crippen LogP contribution < -0.4 is 5.32 Å². The number of pyridine rings is 1. The van der Waals surface area contributed by atoms with E-state index in [1.807, 2.05) is 43.0 Å². The van der Waals surface area contributed by atoms with Gasteiger partial charge in [0.2, 0.25) is 0 Å². The molecule has 0 bridgehead atoms. The molecular weight excluding hydrogens is 506 g/mol. The van der Waals surface area contributed by atoms with Crippen LogP contribution in [-0.4, -0.2) is 51.4 Å². The van der Waals surface area contributed by atoms with Gasteiger partial charge in [-0.1, -0.05) is 72.3 Å². The van der Waals surface area contributed by atoms with Gasteiger partial charge in [-0.2, -0.15) is 0 Å². The van der Waals surface area contributed by atoms with Crippen molar-refractivity contribution in [2.75, 3.05) is 31.5 Å².